The van der Waals surface area contributed by atoms with Gasteiger partial charge in [-0.2, -0.15) is 0 Å². The lowest BCUT2D eigenvalue weighted by atomic mass is 10.1. The first-order valence-corrected chi connectivity index (χ1v) is 9.39. The van der Waals surface area contributed by atoms with Gasteiger partial charge in [0.15, 0.2) is 5.82 Å². The Morgan fingerprint density at radius 3 is 2.50 bits per heavy atom. The van der Waals surface area contributed by atoms with Crippen LogP contribution in [0.4, 0.5) is 5.82 Å². The SMILES string of the molecule is O=C(Cc1ccccc1Cl)Nn1nc(N2CCOCC2)c2ccccc2c1=O. The zero-order chi connectivity index (χ0) is 19.5. The second-order valence-corrected chi connectivity index (χ2v) is 6.90. The van der Waals surface area contributed by atoms with Crippen LogP contribution >= 0.6 is 11.6 Å². The molecule has 2 aromatic carbocycles. The van der Waals surface area contributed by atoms with Crippen molar-refractivity contribution in [2.45, 2.75) is 6.42 Å². The van der Waals surface area contributed by atoms with Gasteiger partial charge >= 0.3 is 0 Å². The van der Waals surface area contributed by atoms with Gasteiger partial charge in [-0.25, -0.2) is 5.43 Å². The van der Waals surface area contributed by atoms with Crippen LogP contribution in [0.15, 0.2) is 53.3 Å². The Kier molecular flexibility index (Phi) is 5.27. The zero-order valence-corrected chi connectivity index (χ0v) is 15.9. The monoisotopic (exact) mass is 398 g/mol. The van der Waals surface area contributed by atoms with Crippen LogP contribution in [0.5, 0.6) is 0 Å². The van der Waals surface area contributed by atoms with Crippen LogP contribution in [0, 0.1) is 0 Å². The van der Waals surface area contributed by atoms with Crippen LogP contribution in [0.1, 0.15) is 5.56 Å². The molecule has 1 fully saturated rings. The number of aromatic nitrogens is 2. The largest absolute Gasteiger partial charge is 0.378 e. The van der Waals surface area contributed by atoms with E-state index in [0.29, 0.717) is 48.1 Å². The Morgan fingerprint density at radius 1 is 1.07 bits per heavy atom. The number of amides is 1. The Hall–Kier alpha value is -2.90. The van der Waals surface area contributed by atoms with Crippen LogP contribution in [0.3, 0.4) is 0 Å². The van der Waals surface area contributed by atoms with Crippen molar-refractivity contribution in [2.75, 3.05) is 36.6 Å². The molecule has 1 N–H and O–H groups in total. The number of fused-ring (bicyclic) bond motifs is 1. The van der Waals surface area contributed by atoms with Crippen molar-refractivity contribution in [1.82, 2.24) is 9.89 Å². The molecule has 144 valence electrons. The summed E-state index contributed by atoms with van der Waals surface area (Å²) in [6.07, 6.45) is 0.0491. The average Bonchev–Trinajstić information content (AvgIpc) is 2.72. The highest BCUT2D eigenvalue weighted by atomic mass is 35.5. The van der Waals surface area contributed by atoms with Gasteiger partial charge in [-0.1, -0.05) is 48.0 Å². The fourth-order valence-electron chi connectivity index (χ4n) is 3.23. The summed E-state index contributed by atoms with van der Waals surface area (Å²) >= 11 is 6.12. The van der Waals surface area contributed by atoms with E-state index in [-0.39, 0.29) is 17.9 Å². The molecule has 3 aromatic rings. The van der Waals surface area contributed by atoms with Gasteiger partial charge in [0.25, 0.3) is 5.56 Å². The number of carbonyl (C=O) groups excluding carboxylic acids is 1. The molecule has 1 saturated heterocycles. The van der Waals surface area contributed by atoms with Gasteiger partial charge in [0, 0.05) is 23.5 Å². The van der Waals surface area contributed by atoms with Gasteiger partial charge in [-0.05, 0) is 17.7 Å². The van der Waals surface area contributed by atoms with Crippen molar-refractivity contribution < 1.29 is 9.53 Å². The first-order chi connectivity index (χ1) is 13.6. The molecule has 0 saturated carbocycles. The summed E-state index contributed by atoms with van der Waals surface area (Å²) in [7, 11) is 0. The number of ether oxygens (including phenoxy) is 1. The molecule has 4 rings (SSSR count). The van der Waals surface area contributed by atoms with E-state index in [4.69, 9.17) is 16.3 Å². The smallest absolute Gasteiger partial charge is 0.294 e. The summed E-state index contributed by atoms with van der Waals surface area (Å²) in [5.41, 5.74) is 2.90. The Morgan fingerprint density at radius 2 is 1.75 bits per heavy atom. The van der Waals surface area contributed by atoms with Crippen LogP contribution in [-0.4, -0.2) is 42.1 Å². The molecule has 2 heterocycles. The number of benzene rings is 2. The topological polar surface area (TPSA) is 76.5 Å². The molecule has 28 heavy (non-hydrogen) atoms. The van der Waals surface area contributed by atoms with Crippen molar-refractivity contribution in [3.63, 3.8) is 0 Å². The number of rotatable bonds is 4. The third-order valence-corrected chi connectivity index (χ3v) is 5.00. The van der Waals surface area contributed by atoms with Crippen molar-refractivity contribution in [3.8, 4) is 0 Å². The van der Waals surface area contributed by atoms with E-state index < -0.39 is 0 Å². The van der Waals surface area contributed by atoms with Gasteiger partial charge < -0.3 is 9.64 Å². The van der Waals surface area contributed by atoms with Gasteiger partial charge in [-0.15, -0.1) is 9.89 Å². The molecule has 0 radical (unpaired) electrons. The maximum Gasteiger partial charge on any atom is 0.294 e. The molecule has 1 amide bonds. The van der Waals surface area contributed by atoms with Gasteiger partial charge in [0.1, 0.15) is 0 Å². The predicted molar refractivity (Wildman–Crippen MR) is 109 cm³/mol. The first-order valence-electron chi connectivity index (χ1n) is 9.01. The molecule has 0 spiro atoms. The van der Waals surface area contributed by atoms with E-state index in [0.717, 1.165) is 10.2 Å². The van der Waals surface area contributed by atoms with Crippen molar-refractivity contribution in [3.05, 3.63) is 69.5 Å². The van der Waals surface area contributed by atoms with Gasteiger partial charge in [0.05, 0.1) is 25.0 Å². The quantitative estimate of drug-likeness (QED) is 0.729. The fourth-order valence-corrected chi connectivity index (χ4v) is 3.43. The second kappa shape index (κ2) is 8.00. The molecule has 0 unspecified atom stereocenters. The summed E-state index contributed by atoms with van der Waals surface area (Å²) in [5.74, 6) is 0.280. The third kappa shape index (κ3) is 3.72. The number of hydrogen-bond acceptors (Lipinski definition) is 5. The molecule has 7 nitrogen and oxygen atoms in total. The van der Waals surface area contributed by atoms with E-state index in [1.807, 2.05) is 18.2 Å². The summed E-state index contributed by atoms with van der Waals surface area (Å²) < 4.78 is 5.41. The third-order valence-electron chi connectivity index (χ3n) is 4.64. The molecule has 1 aliphatic rings. The van der Waals surface area contributed by atoms with Crippen LogP contribution in [0.2, 0.25) is 5.02 Å². The number of morpholine rings is 1. The Labute approximate surface area is 166 Å². The van der Waals surface area contributed by atoms with Gasteiger partial charge in [0.2, 0.25) is 5.91 Å². The molecular formula is C20H19ClN4O3. The van der Waals surface area contributed by atoms with Crippen LogP contribution in [0.25, 0.3) is 10.8 Å². The minimum atomic E-state index is -0.375. The molecule has 1 aliphatic heterocycles. The normalized spacial score (nSPS) is 14.2. The maximum absolute atomic E-state index is 12.8. The second-order valence-electron chi connectivity index (χ2n) is 6.49. The highest BCUT2D eigenvalue weighted by Gasteiger charge is 2.19. The standard InChI is InChI=1S/C20H19ClN4O3/c21-17-8-4-1-5-14(17)13-18(26)22-25-20(27)16-7-3-2-6-15(16)19(23-25)24-9-11-28-12-10-24/h1-8H,9-13H2,(H,22,26). The number of nitrogens with zero attached hydrogens (tertiary/aromatic N) is 3. The van der Waals surface area contributed by atoms with Crippen LogP contribution < -0.4 is 15.9 Å². The molecule has 0 bridgehead atoms. The van der Waals surface area contributed by atoms with Crippen molar-refractivity contribution >= 4 is 34.1 Å². The Bertz CT molecular complexity index is 1080. The fraction of sp³-hybridized carbons (Fsp3) is 0.250. The summed E-state index contributed by atoms with van der Waals surface area (Å²) in [6, 6.07) is 14.4. The molecule has 1 aromatic heterocycles. The minimum absolute atomic E-state index is 0.0491. The van der Waals surface area contributed by atoms with E-state index in [1.165, 1.54) is 0 Å². The van der Waals surface area contributed by atoms with Crippen LogP contribution in [-0.2, 0) is 16.0 Å². The summed E-state index contributed by atoms with van der Waals surface area (Å²) in [4.78, 5) is 28.4. The lowest BCUT2D eigenvalue weighted by Gasteiger charge is -2.29. The van der Waals surface area contributed by atoms with Gasteiger partial charge in [-0.3, -0.25) is 9.59 Å². The maximum atomic E-state index is 12.8. The van der Waals surface area contributed by atoms with E-state index in [9.17, 15) is 9.59 Å². The number of anilines is 1. The van der Waals surface area contributed by atoms with E-state index >= 15 is 0 Å². The molecule has 0 aliphatic carbocycles. The van der Waals surface area contributed by atoms with E-state index in [1.54, 1.807) is 30.3 Å². The number of hydrogen-bond donors (Lipinski definition) is 1. The predicted octanol–water partition coefficient (Wildman–Crippen LogP) is 2.20. The summed E-state index contributed by atoms with van der Waals surface area (Å²) in [6.45, 7) is 2.52. The zero-order valence-electron chi connectivity index (χ0n) is 15.1. The highest BCUT2D eigenvalue weighted by Crippen LogP contribution is 2.22. The molecule has 8 heteroatoms. The minimum Gasteiger partial charge on any atom is -0.378 e. The number of nitrogens with one attached hydrogen (secondary N) is 1. The molecule has 0 atom stereocenters. The average molecular weight is 399 g/mol. The Balaban J connectivity index is 1.68. The van der Waals surface area contributed by atoms with Crippen molar-refractivity contribution in [2.24, 2.45) is 0 Å². The van der Waals surface area contributed by atoms with E-state index in [2.05, 4.69) is 15.4 Å². The number of carbonyl (C=O) groups is 1. The lowest BCUT2D eigenvalue weighted by Crippen LogP contribution is -2.41. The highest BCUT2D eigenvalue weighted by molar-refractivity contribution is 6.31. The number of halogens is 1. The lowest BCUT2D eigenvalue weighted by molar-refractivity contribution is -0.116. The first kappa shape index (κ1) is 18.5. The summed E-state index contributed by atoms with van der Waals surface area (Å²) in [5, 5.41) is 6.20. The van der Waals surface area contributed by atoms with Crippen molar-refractivity contribution in [1.29, 1.82) is 0 Å². The molecular weight excluding hydrogens is 380 g/mol.